The quantitative estimate of drug-likeness (QED) is 0.435. The van der Waals surface area contributed by atoms with Gasteiger partial charge in [0.1, 0.15) is 28.6 Å². The van der Waals surface area contributed by atoms with Crippen molar-refractivity contribution < 1.29 is 40.6 Å². The molecule has 0 radical (unpaired) electrons. The number of carbonyl (C=O) groups excluding carboxylic acids is 1. The van der Waals surface area contributed by atoms with E-state index in [4.69, 9.17) is 14.9 Å². The molecule has 0 spiro atoms. The summed E-state index contributed by atoms with van der Waals surface area (Å²) in [5.74, 6) is -3.50. The van der Waals surface area contributed by atoms with Crippen LogP contribution in [0, 0.1) is 11.6 Å². The third kappa shape index (κ3) is 5.99. The smallest absolute Gasteiger partial charge is 0.490 e. The maximum Gasteiger partial charge on any atom is 0.573 e. The van der Waals surface area contributed by atoms with E-state index < -0.39 is 29.5 Å². The summed E-state index contributed by atoms with van der Waals surface area (Å²) in [6.07, 6.45) is -3.44. The van der Waals surface area contributed by atoms with Crippen LogP contribution < -0.4 is 15.2 Å². The molecule has 2 aromatic carbocycles. The van der Waals surface area contributed by atoms with E-state index >= 15 is 0 Å². The predicted molar refractivity (Wildman–Crippen MR) is 107 cm³/mol. The van der Waals surface area contributed by atoms with Crippen molar-refractivity contribution in [2.24, 2.45) is 5.73 Å². The van der Waals surface area contributed by atoms with Gasteiger partial charge in [0.2, 0.25) is 0 Å². The zero-order chi connectivity index (χ0) is 24.2. The van der Waals surface area contributed by atoms with E-state index in [1.54, 1.807) is 0 Å². The molecule has 0 bridgehead atoms. The average molecular weight is 470 g/mol. The number of primary amides is 1. The fourth-order valence-electron chi connectivity index (χ4n) is 3.06. The minimum Gasteiger partial charge on any atom is -0.490 e. The summed E-state index contributed by atoms with van der Waals surface area (Å²) < 4.78 is 79.8. The van der Waals surface area contributed by atoms with Gasteiger partial charge in [0.25, 0.3) is 5.91 Å². The Kier molecular flexibility index (Phi) is 7.19. The molecule has 33 heavy (non-hydrogen) atoms. The number of benzene rings is 2. The highest BCUT2D eigenvalue weighted by molar-refractivity contribution is 5.93. The van der Waals surface area contributed by atoms with Crippen LogP contribution in [0.25, 0.3) is 11.3 Å². The lowest BCUT2D eigenvalue weighted by Crippen LogP contribution is -2.16. The monoisotopic (exact) mass is 470 g/mol. The summed E-state index contributed by atoms with van der Waals surface area (Å²) in [5.41, 5.74) is 5.07. The van der Waals surface area contributed by atoms with Crippen LogP contribution in [0.4, 0.5) is 22.0 Å². The number of hydrogen-bond donors (Lipinski definition) is 1. The molecule has 0 atom stereocenters. The highest BCUT2D eigenvalue weighted by atomic mass is 19.4. The zero-order valence-corrected chi connectivity index (χ0v) is 17.3. The van der Waals surface area contributed by atoms with Crippen LogP contribution in [0.15, 0.2) is 40.8 Å². The van der Waals surface area contributed by atoms with E-state index in [1.807, 2.05) is 6.92 Å². The minimum atomic E-state index is -4.79. The molecule has 0 fully saturated rings. The SMILES string of the molecule is CCCc1oc(CCOc2ccc(F)c(C(N)=O)c2F)nc1-c1ccc(OC(F)(F)F)cc1. The molecule has 0 unspecified atom stereocenters. The van der Waals surface area contributed by atoms with Crippen LogP contribution in [-0.2, 0) is 12.8 Å². The van der Waals surface area contributed by atoms with Crippen molar-refractivity contribution in [3.63, 3.8) is 0 Å². The fourth-order valence-corrected chi connectivity index (χ4v) is 3.06. The van der Waals surface area contributed by atoms with E-state index in [2.05, 4.69) is 9.72 Å². The van der Waals surface area contributed by atoms with Crippen molar-refractivity contribution in [3.05, 3.63) is 65.2 Å². The first kappa shape index (κ1) is 24.0. The van der Waals surface area contributed by atoms with Crippen molar-refractivity contribution in [3.8, 4) is 22.8 Å². The largest absolute Gasteiger partial charge is 0.573 e. The molecule has 0 aliphatic carbocycles. The molecule has 176 valence electrons. The van der Waals surface area contributed by atoms with Crippen molar-refractivity contribution in [1.82, 2.24) is 4.98 Å². The second kappa shape index (κ2) is 9.88. The van der Waals surface area contributed by atoms with Crippen molar-refractivity contribution in [2.45, 2.75) is 32.5 Å². The molecule has 6 nitrogen and oxygen atoms in total. The van der Waals surface area contributed by atoms with Gasteiger partial charge in [0, 0.05) is 12.0 Å². The molecule has 1 amide bonds. The topological polar surface area (TPSA) is 87.6 Å². The number of aromatic nitrogens is 1. The van der Waals surface area contributed by atoms with Crippen LogP contribution in [0.5, 0.6) is 11.5 Å². The van der Waals surface area contributed by atoms with E-state index in [0.29, 0.717) is 23.4 Å². The van der Waals surface area contributed by atoms with Crippen LogP contribution >= 0.6 is 0 Å². The zero-order valence-electron chi connectivity index (χ0n) is 17.3. The van der Waals surface area contributed by atoms with E-state index in [1.165, 1.54) is 24.3 Å². The van der Waals surface area contributed by atoms with Crippen molar-refractivity contribution >= 4 is 5.91 Å². The standard InChI is InChI=1S/C22H19F5N2O4/c1-2-3-16-20(12-4-6-13(7-5-12)33-22(25,26)27)29-17(32-16)10-11-31-15-9-8-14(23)18(19(15)24)21(28)30/h4-9H,2-3,10-11H2,1H3,(H2,28,30). The number of aryl methyl sites for hydroxylation is 1. The number of amides is 1. The number of nitrogens with two attached hydrogens (primary N) is 1. The number of alkyl halides is 3. The lowest BCUT2D eigenvalue weighted by atomic mass is 10.1. The molecule has 0 saturated carbocycles. The summed E-state index contributed by atoms with van der Waals surface area (Å²) in [5, 5.41) is 0. The molecule has 0 aliphatic heterocycles. The number of rotatable bonds is 9. The second-order valence-corrected chi connectivity index (χ2v) is 6.90. The molecule has 2 N–H and O–H groups in total. The Morgan fingerprint density at radius 1 is 1.09 bits per heavy atom. The van der Waals surface area contributed by atoms with Gasteiger partial charge in [-0.1, -0.05) is 6.92 Å². The lowest BCUT2D eigenvalue weighted by molar-refractivity contribution is -0.274. The van der Waals surface area contributed by atoms with Crippen LogP contribution in [0.1, 0.15) is 35.4 Å². The molecule has 3 aromatic rings. The molecule has 1 aromatic heterocycles. The van der Waals surface area contributed by atoms with E-state index in [-0.39, 0.29) is 30.4 Å². The van der Waals surface area contributed by atoms with Gasteiger partial charge in [-0.2, -0.15) is 0 Å². The maximum atomic E-state index is 14.2. The van der Waals surface area contributed by atoms with Crippen molar-refractivity contribution in [2.75, 3.05) is 6.61 Å². The number of oxazole rings is 1. The average Bonchev–Trinajstić information content (AvgIpc) is 3.12. The maximum absolute atomic E-state index is 14.2. The summed E-state index contributed by atoms with van der Waals surface area (Å²) in [6, 6.07) is 7.10. The fraction of sp³-hybridized carbons (Fsp3) is 0.273. The number of nitrogens with zero attached hydrogens (tertiary/aromatic N) is 1. The summed E-state index contributed by atoms with van der Waals surface area (Å²) >= 11 is 0. The molecule has 3 rings (SSSR count). The highest BCUT2D eigenvalue weighted by Gasteiger charge is 2.31. The number of halogens is 5. The Morgan fingerprint density at radius 3 is 2.39 bits per heavy atom. The molecule has 1 heterocycles. The van der Waals surface area contributed by atoms with Gasteiger partial charge >= 0.3 is 6.36 Å². The Balaban J connectivity index is 1.74. The summed E-state index contributed by atoms with van der Waals surface area (Å²) in [6.45, 7) is 1.81. The van der Waals surface area contributed by atoms with Crippen LogP contribution in [0.2, 0.25) is 0 Å². The summed E-state index contributed by atoms with van der Waals surface area (Å²) in [4.78, 5) is 15.6. The molecule has 11 heteroatoms. The van der Waals surface area contributed by atoms with Gasteiger partial charge in [-0.05, 0) is 42.8 Å². The molecule has 0 saturated heterocycles. The molecular formula is C22H19F5N2O4. The van der Waals surface area contributed by atoms with Gasteiger partial charge in [-0.25, -0.2) is 13.8 Å². The minimum absolute atomic E-state index is 0.106. The molecule has 0 aliphatic rings. The van der Waals surface area contributed by atoms with Gasteiger partial charge in [-0.15, -0.1) is 13.2 Å². The first-order valence-corrected chi connectivity index (χ1v) is 9.84. The Hall–Kier alpha value is -3.63. The van der Waals surface area contributed by atoms with Gasteiger partial charge in [0.15, 0.2) is 17.5 Å². The van der Waals surface area contributed by atoms with Crippen LogP contribution in [-0.4, -0.2) is 23.9 Å². The third-order valence-corrected chi connectivity index (χ3v) is 4.46. The first-order valence-electron chi connectivity index (χ1n) is 9.84. The second-order valence-electron chi connectivity index (χ2n) is 6.90. The highest BCUT2D eigenvalue weighted by Crippen LogP contribution is 2.29. The first-order chi connectivity index (χ1) is 15.6. The van der Waals surface area contributed by atoms with Gasteiger partial charge < -0.3 is 19.6 Å². The number of ether oxygens (including phenoxy) is 2. The van der Waals surface area contributed by atoms with Crippen molar-refractivity contribution in [1.29, 1.82) is 0 Å². The lowest BCUT2D eigenvalue weighted by Gasteiger charge is -2.09. The van der Waals surface area contributed by atoms with E-state index in [0.717, 1.165) is 18.6 Å². The number of hydrogen-bond acceptors (Lipinski definition) is 5. The Bertz CT molecular complexity index is 1130. The van der Waals surface area contributed by atoms with Gasteiger partial charge in [-0.3, -0.25) is 4.79 Å². The molecular weight excluding hydrogens is 451 g/mol. The number of carbonyl (C=O) groups is 1. The van der Waals surface area contributed by atoms with E-state index in [9.17, 15) is 26.7 Å². The summed E-state index contributed by atoms with van der Waals surface area (Å²) in [7, 11) is 0. The normalized spacial score (nSPS) is 11.5. The van der Waals surface area contributed by atoms with Gasteiger partial charge in [0.05, 0.1) is 13.0 Å². The Morgan fingerprint density at radius 2 is 1.79 bits per heavy atom. The third-order valence-electron chi connectivity index (χ3n) is 4.46. The predicted octanol–water partition coefficient (Wildman–Crippen LogP) is 5.19. The Labute approximate surface area is 185 Å². The van der Waals surface area contributed by atoms with Crippen LogP contribution in [0.3, 0.4) is 0 Å².